The van der Waals surface area contributed by atoms with Gasteiger partial charge in [0.15, 0.2) is 12.2 Å². The quantitative estimate of drug-likeness (QED) is 0.423. The van der Waals surface area contributed by atoms with Gasteiger partial charge in [-0.05, 0) is 54.8 Å². The molecule has 4 saturated carbocycles. The number of ketones is 1. The fourth-order valence-corrected chi connectivity index (χ4v) is 6.20. The molecule has 172 valence electrons. The first-order chi connectivity index (χ1) is 13.6. The third kappa shape index (κ3) is 4.03. The Morgan fingerprint density at radius 2 is 1.63 bits per heavy atom. The van der Waals surface area contributed by atoms with Gasteiger partial charge in [0.05, 0.1) is 6.10 Å². The van der Waals surface area contributed by atoms with Gasteiger partial charge in [0.1, 0.15) is 5.78 Å². The molecule has 0 spiro atoms. The second-order valence-corrected chi connectivity index (χ2v) is 11.8. The van der Waals surface area contributed by atoms with E-state index in [-0.39, 0.29) is 36.1 Å². The summed E-state index contributed by atoms with van der Waals surface area (Å²) in [4.78, 5) is 25.5. The Balaban J connectivity index is 1.73. The highest BCUT2D eigenvalue weighted by Gasteiger charge is 2.68. The second kappa shape index (κ2) is 7.49. The van der Waals surface area contributed by atoms with Crippen molar-refractivity contribution < 1.29 is 32.2 Å². The molecular formula is C23H35F3O4. The molecule has 0 amide bonds. The molecule has 0 saturated heterocycles. The fraction of sp³-hybridized carbons (Fsp3) is 0.913. The zero-order valence-electron chi connectivity index (χ0n) is 18.9. The number of halogens is 3. The molecule has 30 heavy (non-hydrogen) atoms. The van der Waals surface area contributed by atoms with Gasteiger partial charge in [0, 0.05) is 11.8 Å². The fourth-order valence-electron chi connectivity index (χ4n) is 6.20. The van der Waals surface area contributed by atoms with E-state index in [1.165, 1.54) is 20.8 Å². The Hall–Kier alpha value is -1.11. The normalized spacial score (nSPS) is 33.5. The van der Waals surface area contributed by atoms with Crippen molar-refractivity contribution in [2.75, 3.05) is 6.79 Å². The Bertz CT molecular complexity index is 672. The summed E-state index contributed by atoms with van der Waals surface area (Å²) >= 11 is 0. The molecule has 4 aliphatic rings. The summed E-state index contributed by atoms with van der Waals surface area (Å²) in [7, 11) is 0. The van der Waals surface area contributed by atoms with Gasteiger partial charge in [-0.15, -0.1) is 0 Å². The van der Waals surface area contributed by atoms with Crippen LogP contribution in [0.25, 0.3) is 0 Å². The standard InChI is InChI=1S/C23H35F3O4/c1-20(2,3)11-22(21(4,5)6,23(24,25)26)19(28)30-12-29-18-15-8-13-7-14(10-15)17(27)16(18)9-13/h13-16,18H,7-12H2,1-6H3/t13?,14?,15-,16?,18?,22+/m1/s1. The van der Waals surface area contributed by atoms with Crippen molar-refractivity contribution in [3.8, 4) is 0 Å². The van der Waals surface area contributed by atoms with Gasteiger partial charge in [-0.2, -0.15) is 13.2 Å². The number of esters is 1. The van der Waals surface area contributed by atoms with Crippen LogP contribution in [0.4, 0.5) is 13.2 Å². The molecule has 4 aliphatic carbocycles. The summed E-state index contributed by atoms with van der Waals surface area (Å²) in [5.41, 5.74) is -4.79. The number of Topliss-reactive ketones (excluding diaryl/α,β-unsaturated/α-hetero) is 1. The Morgan fingerprint density at radius 1 is 1.00 bits per heavy atom. The van der Waals surface area contributed by atoms with Crippen LogP contribution >= 0.6 is 0 Å². The zero-order valence-corrected chi connectivity index (χ0v) is 18.9. The minimum absolute atomic E-state index is 0.112. The van der Waals surface area contributed by atoms with Gasteiger partial charge in [0.2, 0.25) is 0 Å². The maximum Gasteiger partial charge on any atom is 0.405 e. The lowest BCUT2D eigenvalue weighted by Crippen LogP contribution is -2.57. The highest BCUT2D eigenvalue weighted by molar-refractivity contribution is 5.86. The van der Waals surface area contributed by atoms with E-state index in [0.29, 0.717) is 5.92 Å². The minimum atomic E-state index is -4.77. The molecule has 0 heterocycles. The van der Waals surface area contributed by atoms with E-state index in [2.05, 4.69) is 0 Å². The van der Waals surface area contributed by atoms with Crippen LogP contribution in [-0.2, 0) is 19.1 Å². The molecule has 0 radical (unpaired) electrons. The summed E-state index contributed by atoms with van der Waals surface area (Å²) in [6.07, 6.45) is -2.00. The summed E-state index contributed by atoms with van der Waals surface area (Å²) in [5.74, 6) is -0.402. The summed E-state index contributed by atoms with van der Waals surface area (Å²) in [5, 5.41) is 0. The van der Waals surface area contributed by atoms with Crippen molar-refractivity contribution in [2.24, 2.45) is 39.9 Å². The smallest absolute Gasteiger partial charge is 0.405 e. The van der Waals surface area contributed by atoms with E-state index < -0.39 is 35.2 Å². The lowest BCUT2D eigenvalue weighted by molar-refractivity contribution is -0.275. The Kier molecular flexibility index (Phi) is 5.88. The average Bonchev–Trinajstić information content (AvgIpc) is 2.56. The lowest BCUT2D eigenvalue weighted by Gasteiger charge is -2.52. The van der Waals surface area contributed by atoms with Gasteiger partial charge < -0.3 is 9.47 Å². The second-order valence-electron chi connectivity index (χ2n) is 11.8. The molecule has 6 atom stereocenters. The van der Waals surface area contributed by atoms with Gasteiger partial charge in [0.25, 0.3) is 0 Å². The molecule has 0 aromatic heterocycles. The maximum atomic E-state index is 14.3. The third-order valence-corrected chi connectivity index (χ3v) is 7.42. The molecule has 4 unspecified atom stereocenters. The lowest BCUT2D eigenvalue weighted by atomic mass is 9.54. The van der Waals surface area contributed by atoms with Crippen LogP contribution in [0.1, 0.15) is 73.6 Å². The van der Waals surface area contributed by atoms with Crippen LogP contribution in [0.15, 0.2) is 0 Å². The number of alkyl halides is 3. The predicted molar refractivity (Wildman–Crippen MR) is 105 cm³/mol. The summed E-state index contributed by atoms with van der Waals surface area (Å²) in [6.45, 7) is 8.77. The number of hydrogen-bond acceptors (Lipinski definition) is 4. The van der Waals surface area contributed by atoms with E-state index in [1.54, 1.807) is 20.8 Å². The van der Waals surface area contributed by atoms with Crippen LogP contribution in [-0.4, -0.2) is 30.8 Å². The summed E-state index contributed by atoms with van der Waals surface area (Å²) < 4.78 is 53.9. The van der Waals surface area contributed by atoms with Crippen molar-refractivity contribution in [3.63, 3.8) is 0 Å². The molecule has 4 bridgehead atoms. The van der Waals surface area contributed by atoms with Gasteiger partial charge in [-0.1, -0.05) is 41.5 Å². The van der Waals surface area contributed by atoms with Crippen LogP contribution < -0.4 is 0 Å². The van der Waals surface area contributed by atoms with Crippen molar-refractivity contribution >= 4 is 11.8 Å². The van der Waals surface area contributed by atoms with Gasteiger partial charge in [-0.3, -0.25) is 9.59 Å². The SMILES string of the molecule is CC(C)(C)C[C@](C(=O)OCOC1C2CC3CC(C[C@H]1C3)C2=O)(C(C)(C)C)C(F)(F)F. The number of ether oxygens (including phenoxy) is 2. The Morgan fingerprint density at radius 3 is 2.17 bits per heavy atom. The third-order valence-electron chi connectivity index (χ3n) is 7.42. The molecule has 4 nitrogen and oxygen atoms in total. The van der Waals surface area contributed by atoms with E-state index in [0.717, 1.165) is 25.7 Å². The molecule has 0 aromatic rings. The molecule has 0 aromatic carbocycles. The first-order valence-electron chi connectivity index (χ1n) is 11.0. The monoisotopic (exact) mass is 432 g/mol. The highest BCUT2D eigenvalue weighted by Crippen LogP contribution is 2.57. The maximum absolute atomic E-state index is 14.3. The first-order valence-corrected chi connectivity index (χ1v) is 11.0. The molecule has 0 aliphatic heterocycles. The first kappa shape index (κ1) is 23.6. The van der Waals surface area contributed by atoms with Crippen LogP contribution in [0.5, 0.6) is 0 Å². The van der Waals surface area contributed by atoms with Crippen molar-refractivity contribution in [3.05, 3.63) is 0 Å². The highest BCUT2D eigenvalue weighted by atomic mass is 19.4. The minimum Gasteiger partial charge on any atom is -0.438 e. The van der Waals surface area contributed by atoms with Gasteiger partial charge >= 0.3 is 12.1 Å². The average molecular weight is 433 g/mol. The van der Waals surface area contributed by atoms with Crippen LogP contribution in [0.2, 0.25) is 0 Å². The molecule has 7 heteroatoms. The van der Waals surface area contributed by atoms with E-state index >= 15 is 0 Å². The van der Waals surface area contributed by atoms with E-state index in [9.17, 15) is 22.8 Å². The number of carbonyl (C=O) groups is 2. The summed E-state index contributed by atoms with van der Waals surface area (Å²) in [6, 6.07) is 0. The number of carbonyl (C=O) groups excluding carboxylic acids is 2. The Labute approximate surface area is 177 Å². The molecule has 4 fully saturated rings. The zero-order chi connectivity index (χ0) is 22.7. The van der Waals surface area contributed by atoms with Crippen LogP contribution in [0.3, 0.4) is 0 Å². The van der Waals surface area contributed by atoms with Gasteiger partial charge in [-0.25, -0.2) is 0 Å². The van der Waals surface area contributed by atoms with E-state index in [1.807, 2.05) is 0 Å². The van der Waals surface area contributed by atoms with Crippen molar-refractivity contribution in [2.45, 2.75) is 85.9 Å². The largest absolute Gasteiger partial charge is 0.438 e. The van der Waals surface area contributed by atoms with Crippen molar-refractivity contribution in [1.82, 2.24) is 0 Å². The number of rotatable bonds is 5. The molecular weight excluding hydrogens is 397 g/mol. The molecule has 0 N–H and O–H groups in total. The van der Waals surface area contributed by atoms with E-state index in [4.69, 9.17) is 9.47 Å². The van der Waals surface area contributed by atoms with Crippen LogP contribution in [0, 0.1) is 39.9 Å². The van der Waals surface area contributed by atoms with Crippen molar-refractivity contribution in [1.29, 1.82) is 0 Å². The predicted octanol–water partition coefficient (Wildman–Crippen LogP) is 5.54. The molecule has 4 rings (SSSR count). The number of hydrogen-bond donors (Lipinski definition) is 0. The topological polar surface area (TPSA) is 52.6 Å².